The van der Waals surface area contributed by atoms with E-state index in [0.29, 0.717) is 5.75 Å². The minimum atomic E-state index is -0.787. The number of aryl methyl sites for hydroxylation is 2. The number of aliphatic hydroxyl groups is 1. The minimum absolute atomic E-state index is 0.0582. The van der Waals surface area contributed by atoms with Gasteiger partial charge in [-0.15, -0.1) is 11.3 Å². The number of hydrogen-bond donors (Lipinski definition) is 1. The van der Waals surface area contributed by atoms with E-state index < -0.39 is 6.10 Å². The number of hydrogen-bond acceptors (Lipinski definition) is 5. The number of nitrogens with zero attached hydrogens (tertiary/aromatic N) is 2. The molecule has 136 valence electrons. The Labute approximate surface area is 163 Å². The predicted molar refractivity (Wildman–Crippen MR) is 106 cm³/mol. The summed E-state index contributed by atoms with van der Waals surface area (Å²) in [6, 6.07) is 7.41. The molecule has 0 spiro atoms. The molecule has 1 atom stereocenters. The van der Waals surface area contributed by atoms with Crippen LogP contribution in [0.15, 0.2) is 39.9 Å². The quantitative estimate of drug-likeness (QED) is 0.666. The van der Waals surface area contributed by atoms with Crippen molar-refractivity contribution in [3.05, 3.63) is 55.9 Å². The number of aliphatic hydroxyl groups excluding tert-OH is 1. The SMILES string of the molecule is O=c1c2c3c(sc2ncn1C[C@@H](O)COc1ccc(Br)cc1)CCCC3. The van der Waals surface area contributed by atoms with Gasteiger partial charge in [0.15, 0.2) is 0 Å². The van der Waals surface area contributed by atoms with Crippen LogP contribution in [0.1, 0.15) is 23.3 Å². The molecule has 26 heavy (non-hydrogen) atoms. The second-order valence-electron chi connectivity index (χ2n) is 6.51. The third-order valence-electron chi connectivity index (χ3n) is 4.61. The summed E-state index contributed by atoms with van der Waals surface area (Å²) in [4.78, 5) is 19.5. The first-order valence-corrected chi connectivity index (χ1v) is 10.3. The fourth-order valence-corrected chi connectivity index (χ4v) is 4.80. The van der Waals surface area contributed by atoms with Gasteiger partial charge in [-0.25, -0.2) is 4.98 Å². The molecule has 0 saturated carbocycles. The Morgan fingerprint density at radius 3 is 2.85 bits per heavy atom. The number of rotatable bonds is 5. The maximum absolute atomic E-state index is 12.9. The second kappa shape index (κ2) is 7.50. The van der Waals surface area contributed by atoms with Gasteiger partial charge in [0.25, 0.3) is 5.56 Å². The predicted octanol–water partition coefficient (Wildman–Crippen LogP) is 3.54. The summed E-state index contributed by atoms with van der Waals surface area (Å²) in [5, 5.41) is 11.0. The number of fused-ring (bicyclic) bond motifs is 3. The summed E-state index contributed by atoms with van der Waals surface area (Å²) in [6.45, 7) is 0.288. The highest BCUT2D eigenvalue weighted by Crippen LogP contribution is 2.33. The van der Waals surface area contributed by atoms with Gasteiger partial charge in [-0.1, -0.05) is 15.9 Å². The molecule has 3 aromatic rings. The molecule has 0 amide bonds. The minimum Gasteiger partial charge on any atom is -0.491 e. The van der Waals surface area contributed by atoms with Gasteiger partial charge >= 0.3 is 0 Å². The number of benzene rings is 1. The molecule has 1 N–H and O–H groups in total. The Kier molecular flexibility index (Phi) is 5.11. The van der Waals surface area contributed by atoms with E-state index in [1.54, 1.807) is 11.3 Å². The Morgan fingerprint density at radius 1 is 1.27 bits per heavy atom. The molecule has 1 aromatic carbocycles. The molecule has 4 rings (SSSR count). The van der Waals surface area contributed by atoms with Crippen LogP contribution in [0.3, 0.4) is 0 Å². The number of halogens is 1. The lowest BCUT2D eigenvalue weighted by Crippen LogP contribution is -2.30. The molecule has 0 fully saturated rings. The average Bonchev–Trinajstić information content (AvgIpc) is 3.03. The molecule has 7 heteroatoms. The molecule has 0 aliphatic heterocycles. The van der Waals surface area contributed by atoms with E-state index in [1.807, 2.05) is 24.3 Å². The Bertz CT molecular complexity index is 981. The van der Waals surface area contributed by atoms with Crippen LogP contribution in [0.2, 0.25) is 0 Å². The summed E-state index contributed by atoms with van der Waals surface area (Å²) in [7, 11) is 0. The highest BCUT2D eigenvalue weighted by molar-refractivity contribution is 9.10. The lowest BCUT2D eigenvalue weighted by atomic mass is 9.97. The fourth-order valence-electron chi connectivity index (χ4n) is 3.31. The third kappa shape index (κ3) is 3.56. The monoisotopic (exact) mass is 434 g/mol. The van der Waals surface area contributed by atoms with Crippen molar-refractivity contribution in [2.75, 3.05) is 6.61 Å². The number of thiophene rings is 1. The highest BCUT2D eigenvalue weighted by Gasteiger charge is 2.20. The largest absolute Gasteiger partial charge is 0.491 e. The molecule has 2 aromatic heterocycles. The van der Waals surface area contributed by atoms with Gasteiger partial charge in [-0.2, -0.15) is 0 Å². The van der Waals surface area contributed by atoms with Gasteiger partial charge in [0.05, 0.1) is 18.3 Å². The Hall–Kier alpha value is -1.70. The van der Waals surface area contributed by atoms with Crippen LogP contribution in [0.4, 0.5) is 0 Å². The van der Waals surface area contributed by atoms with Crippen molar-refractivity contribution in [3.63, 3.8) is 0 Å². The van der Waals surface area contributed by atoms with Gasteiger partial charge in [0.2, 0.25) is 0 Å². The zero-order chi connectivity index (χ0) is 18.1. The summed E-state index contributed by atoms with van der Waals surface area (Å²) in [6.07, 6.45) is 5.04. The molecule has 0 bridgehead atoms. The zero-order valence-corrected chi connectivity index (χ0v) is 16.6. The van der Waals surface area contributed by atoms with E-state index in [1.165, 1.54) is 27.8 Å². The maximum atomic E-state index is 12.9. The standard InChI is InChI=1S/C19H19BrN2O3S/c20-12-5-7-14(8-6-12)25-10-13(23)9-22-11-21-18-17(19(22)24)15-3-1-2-4-16(15)26-18/h5-8,11,13,23H,1-4,9-10H2/t13-/m1/s1. The highest BCUT2D eigenvalue weighted by atomic mass is 79.9. The number of ether oxygens (including phenoxy) is 1. The number of aromatic nitrogens is 2. The van der Waals surface area contributed by atoms with E-state index in [0.717, 1.165) is 34.0 Å². The fraction of sp³-hybridized carbons (Fsp3) is 0.368. The summed E-state index contributed by atoms with van der Waals surface area (Å²) >= 11 is 5.01. The first-order chi connectivity index (χ1) is 12.6. The normalized spacial score (nSPS) is 15.0. The molecule has 1 aliphatic rings. The Balaban J connectivity index is 1.50. The van der Waals surface area contributed by atoms with Crippen molar-refractivity contribution >= 4 is 37.5 Å². The van der Waals surface area contributed by atoms with Crippen molar-refractivity contribution in [2.45, 2.75) is 38.3 Å². The van der Waals surface area contributed by atoms with E-state index in [4.69, 9.17) is 4.74 Å². The van der Waals surface area contributed by atoms with Crippen molar-refractivity contribution in [2.24, 2.45) is 0 Å². The summed E-state index contributed by atoms with van der Waals surface area (Å²) in [5.74, 6) is 0.681. The van der Waals surface area contributed by atoms with Gasteiger partial charge in [-0.05, 0) is 55.5 Å². The topological polar surface area (TPSA) is 64.4 Å². The lowest BCUT2D eigenvalue weighted by molar-refractivity contribution is 0.0915. The van der Waals surface area contributed by atoms with Gasteiger partial charge < -0.3 is 9.84 Å². The molecule has 0 radical (unpaired) electrons. The smallest absolute Gasteiger partial charge is 0.262 e. The maximum Gasteiger partial charge on any atom is 0.262 e. The molecule has 5 nitrogen and oxygen atoms in total. The van der Waals surface area contributed by atoms with Crippen LogP contribution in [0, 0.1) is 0 Å². The molecule has 1 aliphatic carbocycles. The van der Waals surface area contributed by atoms with Crippen LogP contribution in [0.5, 0.6) is 5.75 Å². The van der Waals surface area contributed by atoms with Crippen molar-refractivity contribution < 1.29 is 9.84 Å². The second-order valence-corrected chi connectivity index (χ2v) is 8.51. The average molecular weight is 435 g/mol. The van der Waals surface area contributed by atoms with E-state index in [2.05, 4.69) is 20.9 Å². The van der Waals surface area contributed by atoms with Gasteiger partial charge in [-0.3, -0.25) is 9.36 Å². The van der Waals surface area contributed by atoms with Crippen LogP contribution < -0.4 is 10.3 Å². The van der Waals surface area contributed by atoms with Crippen LogP contribution in [-0.4, -0.2) is 27.4 Å². The summed E-state index contributed by atoms with van der Waals surface area (Å²) in [5.41, 5.74) is 1.11. The van der Waals surface area contributed by atoms with Crippen molar-refractivity contribution in [1.29, 1.82) is 0 Å². The van der Waals surface area contributed by atoms with E-state index in [9.17, 15) is 9.90 Å². The third-order valence-corrected chi connectivity index (χ3v) is 6.33. The van der Waals surface area contributed by atoms with Gasteiger partial charge in [0, 0.05) is 9.35 Å². The van der Waals surface area contributed by atoms with E-state index in [-0.39, 0.29) is 18.7 Å². The van der Waals surface area contributed by atoms with E-state index >= 15 is 0 Å². The molecule has 2 heterocycles. The van der Waals surface area contributed by atoms with Crippen LogP contribution >= 0.6 is 27.3 Å². The first-order valence-electron chi connectivity index (χ1n) is 8.68. The molecule has 0 unspecified atom stereocenters. The lowest BCUT2D eigenvalue weighted by Gasteiger charge is -2.14. The van der Waals surface area contributed by atoms with Crippen molar-refractivity contribution in [1.82, 2.24) is 9.55 Å². The first kappa shape index (κ1) is 17.7. The van der Waals surface area contributed by atoms with Crippen LogP contribution in [0.25, 0.3) is 10.2 Å². The van der Waals surface area contributed by atoms with Crippen molar-refractivity contribution in [3.8, 4) is 5.75 Å². The summed E-state index contributed by atoms with van der Waals surface area (Å²) < 4.78 is 8.06. The molecular weight excluding hydrogens is 416 g/mol. The molecule has 0 saturated heterocycles. The zero-order valence-electron chi connectivity index (χ0n) is 14.2. The molecular formula is C19H19BrN2O3S. The van der Waals surface area contributed by atoms with Gasteiger partial charge in [0.1, 0.15) is 23.3 Å². The Morgan fingerprint density at radius 2 is 2.04 bits per heavy atom. The van der Waals surface area contributed by atoms with Crippen LogP contribution in [-0.2, 0) is 19.4 Å².